The van der Waals surface area contributed by atoms with Gasteiger partial charge >= 0.3 is 0 Å². The summed E-state index contributed by atoms with van der Waals surface area (Å²) in [6, 6.07) is 32.4. The fourth-order valence-corrected chi connectivity index (χ4v) is 4.35. The molecule has 2 atom stereocenters. The Morgan fingerprint density at radius 1 is 0.786 bits per heavy atom. The lowest BCUT2D eigenvalue weighted by atomic mass is 9.76. The standard InChI is InChI=1S/C25H28N2O/c1-28-24-17-18-26-19-23(24)27-25(20-11-5-2-6-12-20,21-13-7-3-8-14-21)22-15-9-4-10-16-22/h2-16,23-24,26-27H,17-19H2,1H3/t23-,24+/m0/s1. The van der Waals surface area contributed by atoms with Gasteiger partial charge in [-0.2, -0.15) is 0 Å². The fourth-order valence-electron chi connectivity index (χ4n) is 4.35. The molecule has 0 unspecified atom stereocenters. The van der Waals surface area contributed by atoms with E-state index in [0.29, 0.717) is 0 Å². The van der Waals surface area contributed by atoms with Gasteiger partial charge in [0.25, 0.3) is 0 Å². The predicted octanol–water partition coefficient (Wildman–Crippen LogP) is 3.95. The molecule has 0 bridgehead atoms. The largest absolute Gasteiger partial charge is 0.380 e. The van der Waals surface area contributed by atoms with Gasteiger partial charge in [-0.25, -0.2) is 0 Å². The lowest BCUT2D eigenvalue weighted by Gasteiger charge is -2.43. The zero-order valence-electron chi connectivity index (χ0n) is 16.3. The summed E-state index contributed by atoms with van der Waals surface area (Å²) in [5.41, 5.74) is 3.23. The van der Waals surface area contributed by atoms with Crippen LogP contribution in [0, 0.1) is 0 Å². The maximum absolute atomic E-state index is 5.85. The average molecular weight is 373 g/mol. The van der Waals surface area contributed by atoms with Crippen molar-refractivity contribution < 1.29 is 4.74 Å². The van der Waals surface area contributed by atoms with Gasteiger partial charge in [-0.1, -0.05) is 91.0 Å². The Morgan fingerprint density at radius 3 is 1.68 bits per heavy atom. The van der Waals surface area contributed by atoms with E-state index in [1.807, 2.05) is 7.11 Å². The van der Waals surface area contributed by atoms with Crippen LogP contribution in [0.5, 0.6) is 0 Å². The van der Waals surface area contributed by atoms with E-state index in [1.165, 1.54) is 16.7 Å². The van der Waals surface area contributed by atoms with Gasteiger partial charge in [0, 0.05) is 19.7 Å². The second kappa shape index (κ2) is 8.70. The number of benzene rings is 3. The first kappa shape index (κ1) is 18.9. The summed E-state index contributed by atoms with van der Waals surface area (Å²) < 4.78 is 5.85. The minimum absolute atomic E-state index is 0.178. The highest BCUT2D eigenvalue weighted by atomic mass is 16.5. The van der Waals surface area contributed by atoms with Crippen LogP contribution in [0.4, 0.5) is 0 Å². The molecule has 0 aliphatic carbocycles. The van der Waals surface area contributed by atoms with Gasteiger partial charge in [-0.05, 0) is 29.7 Å². The van der Waals surface area contributed by atoms with Crippen LogP contribution in [0.15, 0.2) is 91.0 Å². The van der Waals surface area contributed by atoms with Crippen LogP contribution < -0.4 is 10.6 Å². The zero-order chi connectivity index (χ0) is 19.2. The van der Waals surface area contributed by atoms with Gasteiger partial charge in [0.1, 0.15) is 0 Å². The Morgan fingerprint density at radius 2 is 1.25 bits per heavy atom. The van der Waals surface area contributed by atoms with Crippen molar-refractivity contribution in [2.75, 3.05) is 20.2 Å². The summed E-state index contributed by atoms with van der Waals surface area (Å²) in [4.78, 5) is 0. The molecule has 3 heteroatoms. The van der Waals surface area contributed by atoms with E-state index in [1.54, 1.807) is 0 Å². The van der Waals surface area contributed by atoms with Crippen molar-refractivity contribution in [3.8, 4) is 0 Å². The second-order valence-electron chi connectivity index (χ2n) is 7.37. The summed E-state index contributed by atoms with van der Waals surface area (Å²) >= 11 is 0. The van der Waals surface area contributed by atoms with Crippen LogP contribution in [0.25, 0.3) is 0 Å². The number of nitrogens with one attached hydrogen (secondary N) is 2. The van der Waals surface area contributed by atoms with Crippen LogP contribution in [-0.2, 0) is 10.3 Å². The third-order valence-corrected chi connectivity index (χ3v) is 5.74. The third-order valence-electron chi connectivity index (χ3n) is 5.74. The molecule has 3 nitrogen and oxygen atoms in total. The Labute approximate surface area is 167 Å². The maximum Gasteiger partial charge on any atom is 0.0951 e. The third kappa shape index (κ3) is 3.61. The summed E-state index contributed by atoms with van der Waals surface area (Å²) in [7, 11) is 1.82. The van der Waals surface area contributed by atoms with E-state index in [-0.39, 0.29) is 12.1 Å². The minimum Gasteiger partial charge on any atom is -0.380 e. The van der Waals surface area contributed by atoms with E-state index in [2.05, 4.69) is 102 Å². The highest BCUT2D eigenvalue weighted by molar-refractivity contribution is 5.49. The number of methoxy groups -OCH3 is 1. The smallest absolute Gasteiger partial charge is 0.0951 e. The molecule has 4 rings (SSSR count). The molecule has 1 aliphatic rings. The van der Waals surface area contributed by atoms with Crippen molar-refractivity contribution >= 4 is 0 Å². The van der Waals surface area contributed by atoms with Crippen molar-refractivity contribution in [2.45, 2.75) is 24.1 Å². The lowest BCUT2D eigenvalue weighted by Crippen LogP contribution is -2.60. The molecule has 2 N–H and O–H groups in total. The Balaban J connectivity index is 1.90. The molecule has 0 aromatic heterocycles. The predicted molar refractivity (Wildman–Crippen MR) is 114 cm³/mol. The summed E-state index contributed by atoms with van der Waals surface area (Å²) in [5, 5.41) is 7.57. The van der Waals surface area contributed by atoms with Crippen molar-refractivity contribution in [3.05, 3.63) is 108 Å². The van der Waals surface area contributed by atoms with Crippen LogP contribution in [0.2, 0.25) is 0 Å². The molecule has 3 aromatic rings. The molecular weight excluding hydrogens is 344 g/mol. The van der Waals surface area contributed by atoms with Crippen molar-refractivity contribution in [3.63, 3.8) is 0 Å². The van der Waals surface area contributed by atoms with E-state index in [9.17, 15) is 0 Å². The van der Waals surface area contributed by atoms with Gasteiger partial charge in [-0.15, -0.1) is 0 Å². The highest BCUT2D eigenvalue weighted by Gasteiger charge is 2.40. The van der Waals surface area contributed by atoms with Crippen molar-refractivity contribution in [1.82, 2.24) is 10.6 Å². The number of hydrogen-bond donors (Lipinski definition) is 2. The van der Waals surface area contributed by atoms with Crippen LogP contribution in [0.1, 0.15) is 23.1 Å². The van der Waals surface area contributed by atoms with Crippen molar-refractivity contribution in [2.24, 2.45) is 0 Å². The van der Waals surface area contributed by atoms with Gasteiger partial charge in [0.05, 0.1) is 11.6 Å². The Hall–Kier alpha value is -2.46. The second-order valence-corrected chi connectivity index (χ2v) is 7.37. The Bertz CT molecular complexity index is 755. The van der Waals surface area contributed by atoms with E-state index < -0.39 is 5.54 Å². The SMILES string of the molecule is CO[C@@H]1CCNC[C@@H]1NC(c1ccccc1)(c1ccccc1)c1ccccc1. The minimum atomic E-state index is -0.454. The molecule has 0 radical (unpaired) electrons. The molecule has 144 valence electrons. The van der Waals surface area contributed by atoms with Gasteiger partial charge < -0.3 is 10.1 Å². The molecular formula is C25H28N2O. The lowest BCUT2D eigenvalue weighted by molar-refractivity contribution is 0.0412. The Kier molecular flexibility index (Phi) is 5.87. The van der Waals surface area contributed by atoms with Gasteiger partial charge in [0.2, 0.25) is 0 Å². The summed E-state index contributed by atoms with van der Waals surface area (Å²) in [6.07, 6.45) is 1.18. The first-order chi connectivity index (χ1) is 13.8. The van der Waals surface area contributed by atoms with Crippen LogP contribution in [-0.4, -0.2) is 32.3 Å². The van der Waals surface area contributed by atoms with E-state index in [4.69, 9.17) is 4.74 Å². The van der Waals surface area contributed by atoms with Crippen molar-refractivity contribution in [1.29, 1.82) is 0 Å². The molecule has 1 aliphatic heterocycles. The molecule has 1 saturated heterocycles. The molecule has 1 heterocycles. The summed E-state index contributed by atoms with van der Waals surface area (Å²) in [6.45, 7) is 1.87. The normalized spacial score (nSPS) is 20.0. The highest BCUT2D eigenvalue weighted by Crippen LogP contribution is 2.37. The van der Waals surface area contributed by atoms with E-state index in [0.717, 1.165) is 19.5 Å². The van der Waals surface area contributed by atoms with Gasteiger partial charge in [-0.3, -0.25) is 5.32 Å². The topological polar surface area (TPSA) is 33.3 Å². The molecule has 0 spiro atoms. The average Bonchev–Trinajstić information content (AvgIpc) is 2.79. The molecule has 1 fully saturated rings. The van der Waals surface area contributed by atoms with Gasteiger partial charge in [0.15, 0.2) is 0 Å². The van der Waals surface area contributed by atoms with Crippen LogP contribution >= 0.6 is 0 Å². The number of hydrogen-bond acceptors (Lipinski definition) is 3. The molecule has 3 aromatic carbocycles. The van der Waals surface area contributed by atoms with E-state index >= 15 is 0 Å². The first-order valence-electron chi connectivity index (χ1n) is 10.0. The first-order valence-corrected chi connectivity index (χ1v) is 10.0. The maximum atomic E-state index is 5.85. The van der Waals surface area contributed by atoms with Crippen LogP contribution in [0.3, 0.4) is 0 Å². The number of rotatable bonds is 6. The fraction of sp³-hybridized carbons (Fsp3) is 0.280. The number of piperidine rings is 1. The molecule has 0 amide bonds. The summed E-state index contributed by atoms with van der Waals surface area (Å²) in [5.74, 6) is 0. The quantitative estimate of drug-likeness (QED) is 0.643. The molecule has 0 saturated carbocycles. The zero-order valence-corrected chi connectivity index (χ0v) is 16.3. The monoisotopic (exact) mass is 372 g/mol. The number of ether oxygens (including phenoxy) is 1. The molecule has 28 heavy (non-hydrogen) atoms.